The number of hydrogen-bond donors (Lipinski definition) is 0. The van der Waals surface area contributed by atoms with Crippen molar-refractivity contribution in [1.29, 1.82) is 0 Å². The molecule has 0 saturated heterocycles. The molecule has 0 aliphatic heterocycles. The van der Waals surface area contributed by atoms with Crippen LogP contribution in [-0.2, 0) is 19.3 Å². The molecule has 0 saturated carbocycles. The largest absolute Gasteiger partial charge is 0.0871 e. The highest BCUT2D eigenvalue weighted by molar-refractivity contribution is 5.49. The zero-order chi connectivity index (χ0) is 16.8. The fourth-order valence-electron chi connectivity index (χ4n) is 3.90. The van der Waals surface area contributed by atoms with Crippen molar-refractivity contribution < 1.29 is 0 Å². The molecule has 1 atom stereocenters. The molecule has 1 aliphatic rings. The molecule has 0 heteroatoms. The van der Waals surface area contributed by atoms with Crippen LogP contribution in [0.15, 0.2) is 48.5 Å². The molecule has 1 aliphatic carbocycles. The molecule has 0 bridgehead atoms. The summed E-state index contributed by atoms with van der Waals surface area (Å²) in [5.41, 5.74) is 7.51. The summed E-state index contributed by atoms with van der Waals surface area (Å²) in [6.07, 6.45) is 13.2. The monoisotopic (exact) mass is 318 g/mol. The van der Waals surface area contributed by atoms with Crippen molar-refractivity contribution in [3.05, 3.63) is 76.4 Å². The molecule has 1 unspecified atom stereocenters. The SMILES string of the molecule is C/C=C/c1ccc(C2CCc3cc(CCCCC)ccc3C2)cc1. The average molecular weight is 319 g/mol. The molecule has 2 aromatic carbocycles. The maximum Gasteiger partial charge on any atom is -0.0118 e. The summed E-state index contributed by atoms with van der Waals surface area (Å²) in [5.74, 6) is 0.683. The first kappa shape index (κ1) is 17.0. The molecule has 0 N–H and O–H groups in total. The van der Waals surface area contributed by atoms with E-state index in [-0.39, 0.29) is 0 Å². The normalized spacial score (nSPS) is 17.2. The topological polar surface area (TPSA) is 0 Å². The van der Waals surface area contributed by atoms with E-state index in [0.29, 0.717) is 5.92 Å². The number of unbranched alkanes of at least 4 members (excludes halogenated alkanes) is 2. The summed E-state index contributed by atoms with van der Waals surface area (Å²) >= 11 is 0. The molecule has 0 aromatic heterocycles. The number of benzene rings is 2. The van der Waals surface area contributed by atoms with E-state index in [2.05, 4.69) is 68.5 Å². The number of allylic oxidation sites excluding steroid dienone is 1. The Hall–Kier alpha value is -1.82. The van der Waals surface area contributed by atoms with Gasteiger partial charge >= 0.3 is 0 Å². The van der Waals surface area contributed by atoms with Crippen LogP contribution in [-0.4, -0.2) is 0 Å². The summed E-state index contributed by atoms with van der Waals surface area (Å²) in [6, 6.07) is 16.4. The first-order valence-corrected chi connectivity index (χ1v) is 9.63. The number of aryl methyl sites for hydroxylation is 2. The van der Waals surface area contributed by atoms with Crippen LogP contribution < -0.4 is 0 Å². The summed E-state index contributed by atoms with van der Waals surface area (Å²) in [5, 5.41) is 0. The Labute approximate surface area is 147 Å². The quantitative estimate of drug-likeness (QED) is 0.518. The highest BCUT2D eigenvalue weighted by Gasteiger charge is 2.20. The Morgan fingerprint density at radius 1 is 1.00 bits per heavy atom. The van der Waals surface area contributed by atoms with Crippen LogP contribution in [0.3, 0.4) is 0 Å². The van der Waals surface area contributed by atoms with Crippen molar-refractivity contribution in [3.8, 4) is 0 Å². The van der Waals surface area contributed by atoms with Gasteiger partial charge in [0.15, 0.2) is 0 Å². The van der Waals surface area contributed by atoms with Crippen LogP contribution in [0.1, 0.15) is 73.3 Å². The van der Waals surface area contributed by atoms with Crippen molar-refractivity contribution in [2.45, 2.75) is 64.7 Å². The number of rotatable bonds is 6. The Balaban J connectivity index is 1.68. The molecule has 0 fully saturated rings. The number of fused-ring (bicyclic) bond motifs is 1. The van der Waals surface area contributed by atoms with Gasteiger partial charge in [0.1, 0.15) is 0 Å². The predicted octanol–water partition coefficient (Wildman–Crippen LogP) is 6.72. The molecule has 0 heterocycles. The molecule has 0 radical (unpaired) electrons. The molecule has 24 heavy (non-hydrogen) atoms. The Morgan fingerprint density at radius 3 is 2.58 bits per heavy atom. The van der Waals surface area contributed by atoms with Gasteiger partial charge in [0.2, 0.25) is 0 Å². The first-order chi connectivity index (χ1) is 11.8. The summed E-state index contributed by atoms with van der Waals surface area (Å²) < 4.78 is 0. The first-order valence-electron chi connectivity index (χ1n) is 9.63. The van der Waals surface area contributed by atoms with Crippen LogP contribution in [0.2, 0.25) is 0 Å². The molecular formula is C24H30. The average Bonchev–Trinajstić information content (AvgIpc) is 2.62. The van der Waals surface area contributed by atoms with Crippen molar-refractivity contribution in [2.24, 2.45) is 0 Å². The van der Waals surface area contributed by atoms with Crippen LogP contribution in [0, 0.1) is 0 Å². The summed E-state index contributed by atoms with van der Waals surface area (Å²) in [7, 11) is 0. The number of hydrogen-bond acceptors (Lipinski definition) is 0. The van der Waals surface area contributed by atoms with E-state index in [1.165, 1.54) is 61.6 Å². The lowest BCUT2D eigenvalue weighted by atomic mass is 9.79. The van der Waals surface area contributed by atoms with Crippen LogP contribution >= 0.6 is 0 Å². The maximum absolute atomic E-state index is 2.48. The van der Waals surface area contributed by atoms with Gasteiger partial charge in [-0.25, -0.2) is 0 Å². The van der Waals surface area contributed by atoms with Gasteiger partial charge in [-0.05, 0) is 72.8 Å². The van der Waals surface area contributed by atoms with Crippen molar-refractivity contribution >= 4 is 6.08 Å². The molecule has 0 spiro atoms. The van der Waals surface area contributed by atoms with Gasteiger partial charge in [0.25, 0.3) is 0 Å². The highest BCUT2D eigenvalue weighted by atomic mass is 14.2. The van der Waals surface area contributed by atoms with Crippen molar-refractivity contribution in [3.63, 3.8) is 0 Å². The fourth-order valence-corrected chi connectivity index (χ4v) is 3.90. The lowest BCUT2D eigenvalue weighted by molar-refractivity contribution is 0.584. The lowest BCUT2D eigenvalue weighted by Gasteiger charge is -2.25. The van der Waals surface area contributed by atoms with Crippen molar-refractivity contribution in [2.75, 3.05) is 0 Å². The molecule has 0 amide bonds. The Kier molecular flexibility index (Phi) is 5.91. The third-order valence-electron chi connectivity index (χ3n) is 5.34. The van der Waals surface area contributed by atoms with Crippen LogP contribution in [0.4, 0.5) is 0 Å². The van der Waals surface area contributed by atoms with Gasteiger partial charge in [0.05, 0.1) is 0 Å². The van der Waals surface area contributed by atoms with E-state index in [0.717, 1.165) is 0 Å². The minimum absolute atomic E-state index is 0.683. The second-order valence-corrected chi connectivity index (χ2v) is 7.17. The fraction of sp³-hybridized carbons (Fsp3) is 0.417. The molecule has 2 aromatic rings. The highest BCUT2D eigenvalue weighted by Crippen LogP contribution is 2.33. The van der Waals surface area contributed by atoms with Gasteiger partial charge in [-0.15, -0.1) is 0 Å². The van der Waals surface area contributed by atoms with E-state index >= 15 is 0 Å². The van der Waals surface area contributed by atoms with Gasteiger partial charge < -0.3 is 0 Å². The van der Waals surface area contributed by atoms with E-state index in [9.17, 15) is 0 Å². The van der Waals surface area contributed by atoms with Gasteiger partial charge in [-0.3, -0.25) is 0 Å². The zero-order valence-electron chi connectivity index (χ0n) is 15.2. The van der Waals surface area contributed by atoms with E-state index in [1.54, 1.807) is 11.1 Å². The minimum atomic E-state index is 0.683. The minimum Gasteiger partial charge on any atom is -0.0871 e. The van der Waals surface area contributed by atoms with Gasteiger partial charge in [-0.1, -0.05) is 74.4 Å². The third-order valence-corrected chi connectivity index (χ3v) is 5.34. The molecule has 3 rings (SSSR count). The molecule has 0 nitrogen and oxygen atoms in total. The van der Waals surface area contributed by atoms with Gasteiger partial charge in [0, 0.05) is 0 Å². The second-order valence-electron chi connectivity index (χ2n) is 7.17. The van der Waals surface area contributed by atoms with Crippen LogP contribution in [0.5, 0.6) is 0 Å². The van der Waals surface area contributed by atoms with E-state index in [4.69, 9.17) is 0 Å². The Bertz CT molecular complexity index is 676. The summed E-state index contributed by atoms with van der Waals surface area (Å²) in [4.78, 5) is 0. The maximum atomic E-state index is 2.48. The third kappa shape index (κ3) is 4.17. The van der Waals surface area contributed by atoms with Crippen molar-refractivity contribution in [1.82, 2.24) is 0 Å². The van der Waals surface area contributed by atoms with Crippen LogP contribution in [0.25, 0.3) is 6.08 Å². The van der Waals surface area contributed by atoms with Gasteiger partial charge in [-0.2, -0.15) is 0 Å². The molecular weight excluding hydrogens is 288 g/mol. The lowest BCUT2D eigenvalue weighted by Crippen LogP contribution is -2.13. The van der Waals surface area contributed by atoms with E-state index < -0.39 is 0 Å². The Morgan fingerprint density at radius 2 is 1.83 bits per heavy atom. The second kappa shape index (κ2) is 8.33. The standard InChI is InChI=1S/C24H30/c1-3-5-6-8-20-11-14-24-18-23(16-15-22(24)17-20)21-12-9-19(7-4-2)10-13-21/h4,7,9-14,17,23H,3,5-6,8,15-16,18H2,1-2H3/b7-4+. The zero-order valence-corrected chi connectivity index (χ0v) is 15.2. The summed E-state index contributed by atoms with van der Waals surface area (Å²) in [6.45, 7) is 4.35. The smallest absolute Gasteiger partial charge is 0.0118 e. The molecule has 126 valence electrons. The van der Waals surface area contributed by atoms with E-state index in [1.807, 2.05) is 0 Å². The predicted molar refractivity (Wildman–Crippen MR) is 106 cm³/mol.